The smallest absolute Gasteiger partial charge is 0.119 e. The first-order valence-electron chi connectivity index (χ1n) is 7.76. The quantitative estimate of drug-likeness (QED) is 0.896. The maximum atomic E-state index is 5.31. The van der Waals surface area contributed by atoms with Crippen LogP contribution in [0.25, 0.3) is 0 Å². The molecule has 1 N–H and O–H groups in total. The fraction of sp³-hybridized carbons (Fsp3) is 0.667. The van der Waals surface area contributed by atoms with Gasteiger partial charge in [0, 0.05) is 12.1 Å². The van der Waals surface area contributed by atoms with Gasteiger partial charge in [0.2, 0.25) is 0 Å². The Labute approximate surface area is 122 Å². The highest BCUT2D eigenvalue weighted by Crippen LogP contribution is 2.63. The molecule has 0 amide bonds. The lowest BCUT2D eigenvalue weighted by Crippen LogP contribution is -2.43. The number of nitrogens with one attached hydrogen (secondary N) is 1. The monoisotopic (exact) mass is 273 g/mol. The topological polar surface area (TPSA) is 21.3 Å². The van der Waals surface area contributed by atoms with E-state index in [4.69, 9.17) is 4.74 Å². The van der Waals surface area contributed by atoms with E-state index in [1.54, 1.807) is 7.11 Å². The van der Waals surface area contributed by atoms with E-state index in [1.165, 1.54) is 18.4 Å². The van der Waals surface area contributed by atoms with Gasteiger partial charge in [-0.05, 0) is 47.3 Å². The van der Waals surface area contributed by atoms with E-state index in [0.29, 0.717) is 28.8 Å². The van der Waals surface area contributed by atoms with Gasteiger partial charge in [-0.3, -0.25) is 0 Å². The molecule has 0 unspecified atom stereocenters. The van der Waals surface area contributed by atoms with E-state index < -0.39 is 0 Å². The van der Waals surface area contributed by atoms with Crippen molar-refractivity contribution >= 4 is 0 Å². The highest BCUT2D eigenvalue weighted by molar-refractivity contribution is 5.32. The molecule has 2 aliphatic carbocycles. The van der Waals surface area contributed by atoms with E-state index in [9.17, 15) is 0 Å². The van der Waals surface area contributed by atoms with E-state index in [0.717, 1.165) is 5.75 Å². The van der Waals surface area contributed by atoms with E-state index in [2.05, 4.69) is 51.2 Å². The van der Waals surface area contributed by atoms with Crippen LogP contribution >= 0.6 is 0 Å². The minimum atomic E-state index is 0.439. The fourth-order valence-electron chi connectivity index (χ4n) is 3.77. The molecule has 110 valence electrons. The zero-order valence-electron chi connectivity index (χ0n) is 13.4. The largest absolute Gasteiger partial charge is 0.497 e. The van der Waals surface area contributed by atoms with Gasteiger partial charge in [0.05, 0.1) is 7.11 Å². The zero-order chi connectivity index (χ0) is 14.5. The molecule has 0 saturated heterocycles. The van der Waals surface area contributed by atoms with Crippen molar-refractivity contribution in [2.75, 3.05) is 7.11 Å². The van der Waals surface area contributed by atoms with Gasteiger partial charge < -0.3 is 10.1 Å². The minimum Gasteiger partial charge on any atom is -0.497 e. The van der Waals surface area contributed by atoms with Gasteiger partial charge in [-0.2, -0.15) is 0 Å². The van der Waals surface area contributed by atoms with Crippen molar-refractivity contribution in [3.63, 3.8) is 0 Å². The van der Waals surface area contributed by atoms with E-state index >= 15 is 0 Å². The first-order chi connectivity index (χ1) is 9.36. The molecule has 20 heavy (non-hydrogen) atoms. The molecule has 1 aromatic carbocycles. The van der Waals surface area contributed by atoms with Gasteiger partial charge in [0.1, 0.15) is 5.75 Å². The predicted molar refractivity (Wildman–Crippen MR) is 83.2 cm³/mol. The van der Waals surface area contributed by atoms with Gasteiger partial charge in [0.15, 0.2) is 0 Å². The van der Waals surface area contributed by atoms with Gasteiger partial charge in [-0.1, -0.05) is 39.8 Å². The molecule has 0 spiro atoms. The summed E-state index contributed by atoms with van der Waals surface area (Å²) in [7, 11) is 1.74. The van der Waals surface area contributed by atoms with Gasteiger partial charge in [0.25, 0.3) is 0 Å². The maximum Gasteiger partial charge on any atom is 0.119 e. The molecule has 2 heteroatoms. The molecular weight excluding hydrogens is 246 g/mol. The maximum absolute atomic E-state index is 5.31. The molecule has 1 aromatic rings. The molecule has 3 rings (SSSR count). The van der Waals surface area contributed by atoms with Gasteiger partial charge in [-0.15, -0.1) is 0 Å². The Kier molecular flexibility index (Phi) is 3.13. The van der Waals surface area contributed by atoms with Crippen LogP contribution in [0.5, 0.6) is 5.75 Å². The summed E-state index contributed by atoms with van der Waals surface area (Å²) in [6, 6.07) is 9.90. The summed E-state index contributed by atoms with van der Waals surface area (Å²) in [4.78, 5) is 0. The summed E-state index contributed by atoms with van der Waals surface area (Å²) >= 11 is 0. The first kappa shape index (κ1) is 13.9. The summed E-state index contributed by atoms with van der Waals surface area (Å²) in [6.45, 7) is 9.51. The molecule has 2 fully saturated rings. The summed E-state index contributed by atoms with van der Waals surface area (Å²) in [5, 5.41) is 3.87. The van der Waals surface area contributed by atoms with Crippen molar-refractivity contribution in [3.8, 4) is 5.75 Å². The van der Waals surface area contributed by atoms with Crippen LogP contribution in [0.15, 0.2) is 24.3 Å². The van der Waals surface area contributed by atoms with Crippen LogP contribution in [0.4, 0.5) is 0 Å². The average Bonchev–Trinajstić information content (AvgIpc) is 2.74. The number of ether oxygens (including phenoxy) is 1. The highest BCUT2D eigenvalue weighted by atomic mass is 16.5. The fourth-order valence-corrected chi connectivity index (χ4v) is 3.77. The first-order valence-corrected chi connectivity index (χ1v) is 7.76. The van der Waals surface area contributed by atoms with Crippen molar-refractivity contribution in [3.05, 3.63) is 29.8 Å². The van der Waals surface area contributed by atoms with Crippen molar-refractivity contribution < 1.29 is 4.74 Å². The second-order valence-corrected chi connectivity index (χ2v) is 7.68. The molecule has 0 radical (unpaired) electrons. The van der Waals surface area contributed by atoms with E-state index in [-0.39, 0.29) is 0 Å². The number of benzene rings is 1. The predicted octanol–water partition coefficient (Wildman–Crippen LogP) is 3.97. The summed E-state index contributed by atoms with van der Waals surface area (Å²) in [5.74, 6) is 1.68. The van der Waals surface area contributed by atoms with Crippen LogP contribution in [0.2, 0.25) is 0 Å². The minimum absolute atomic E-state index is 0.439. The molecule has 2 aliphatic rings. The molecular formula is C18H27NO. The number of hydrogen-bond donors (Lipinski definition) is 1. The normalized spacial score (nSPS) is 30.6. The molecule has 0 atom stereocenters. The Balaban J connectivity index is 1.55. The van der Waals surface area contributed by atoms with Crippen LogP contribution < -0.4 is 10.1 Å². The molecule has 0 bridgehead atoms. The van der Waals surface area contributed by atoms with Crippen LogP contribution in [-0.2, 0) is 0 Å². The Morgan fingerprint density at radius 1 is 1.10 bits per heavy atom. The number of hydrogen-bond acceptors (Lipinski definition) is 2. The van der Waals surface area contributed by atoms with Gasteiger partial charge in [-0.25, -0.2) is 0 Å². The molecule has 2 saturated carbocycles. The molecule has 0 aromatic heterocycles. The van der Waals surface area contributed by atoms with Crippen molar-refractivity contribution in [1.82, 2.24) is 5.32 Å². The molecule has 0 heterocycles. The average molecular weight is 273 g/mol. The molecule has 0 aliphatic heterocycles. The number of methoxy groups -OCH3 is 1. The Morgan fingerprint density at radius 3 is 2.30 bits per heavy atom. The second-order valence-electron chi connectivity index (χ2n) is 7.68. The summed E-state index contributed by atoms with van der Waals surface area (Å²) < 4.78 is 5.31. The second kappa shape index (κ2) is 4.49. The zero-order valence-corrected chi connectivity index (χ0v) is 13.4. The summed E-state index contributed by atoms with van der Waals surface area (Å²) in [6.07, 6.45) is 2.52. The van der Waals surface area contributed by atoms with Crippen molar-refractivity contribution in [2.45, 2.75) is 58.5 Å². The van der Waals surface area contributed by atoms with Gasteiger partial charge >= 0.3 is 0 Å². The van der Waals surface area contributed by atoms with E-state index in [1.807, 2.05) is 6.07 Å². The SMILES string of the molecule is COc1cccc(C2CC(NC3C(C)(C)C3(C)C)C2)c1. The Bertz CT molecular complexity index is 486. The lowest BCUT2D eigenvalue weighted by atomic mass is 9.75. The lowest BCUT2D eigenvalue weighted by Gasteiger charge is -2.37. The summed E-state index contributed by atoms with van der Waals surface area (Å²) in [5.41, 5.74) is 2.30. The highest BCUT2D eigenvalue weighted by Gasteiger charge is 2.65. The number of rotatable bonds is 4. The van der Waals surface area contributed by atoms with Crippen molar-refractivity contribution in [2.24, 2.45) is 10.8 Å². The van der Waals surface area contributed by atoms with Crippen LogP contribution in [0, 0.1) is 10.8 Å². The third-order valence-corrected chi connectivity index (χ3v) is 6.13. The Morgan fingerprint density at radius 2 is 1.75 bits per heavy atom. The third kappa shape index (κ3) is 2.05. The molecule has 2 nitrogen and oxygen atoms in total. The standard InChI is InChI=1S/C18H27NO/c1-17(2)16(18(17,3)4)19-14-9-13(10-14)12-7-6-8-15(11-12)20-5/h6-8,11,13-14,16,19H,9-10H2,1-5H3. The van der Waals surface area contributed by atoms with Crippen molar-refractivity contribution in [1.29, 1.82) is 0 Å². The Hall–Kier alpha value is -1.02. The van der Waals surface area contributed by atoms with Crippen LogP contribution in [-0.4, -0.2) is 19.2 Å². The lowest BCUT2D eigenvalue weighted by molar-refractivity contribution is 0.275. The van der Waals surface area contributed by atoms with Crippen LogP contribution in [0.3, 0.4) is 0 Å². The third-order valence-electron chi connectivity index (χ3n) is 6.13. The van der Waals surface area contributed by atoms with Crippen LogP contribution in [0.1, 0.15) is 52.0 Å².